The molecule has 6 atom stereocenters. The van der Waals surface area contributed by atoms with Gasteiger partial charge in [0, 0.05) is 32.5 Å². The Bertz CT molecular complexity index is 544. The van der Waals surface area contributed by atoms with E-state index in [2.05, 4.69) is 22.6 Å². The Morgan fingerprint density at radius 1 is 0.929 bits per heavy atom. The van der Waals surface area contributed by atoms with Gasteiger partial charge in [0.2, 0.25) is 0 Å². The predicted molar refractivity (Wildman–Crippen MR) is 100 cm³/mol. The Kier molecular flexibility index (Phi) is 9.72. The number of hydrogen-bond acceptors (Lipinski definition) is 9. The number of aliphatic hydroxyl groups excluding tert-OH is 5. The molecular formula is C18H34N4O6. The molecular weight excluding hydrogens is 368 g/mol. The molecule has 0 aliphatic heterocycles. The number of aryl methyl sites for hydroxylation is 1. The molecule has 0 radical (unpaired) electrons. The van der Waals surface area contributed by atoms with E-state index in [1.54, 1.807) is 10.9 Å². The third kappa shape index (κ3) is 6.45. The van der Waals surface area contributed by atoms with E-state index in [1.165, 1.54) is 0 Å². The highest BCUT2D eigenvalue weighted by Crippen LogP contribution is 2.21. The monoisotopic (exact) mass is 402 g/mol. The summed E-state index contributed by atoms with van der Waals surface area (Å²) in [6.45, 7) is 4.68. The van der Waals surface area contributed by atoms with Crippen LogP contribution in [0.4, 0.5) is 0 Å². The van der Waals surface area contributed by atoms with Crippen molar-refractivity contribution in [2.45, 2.75) is 88.7 Å². The van der Waals surface area contributed by atoms with Crippen molar-refractivity contribution < 1.29 is 30.3 Å². The number of hydrogen-bond donors (Lipinski definition) is 6. The van der Waals surface area contributed by atoms with Gasteiger partial charge in [-0.05, 0) is 19.3 Å². The lowest BCUT2D eigenvalue weighted by Crippen LogP contribution is -2.67. The van der Waals surface area contributed by atoms with Gasteiger partial charge in [0.05, 0.1) is 11.7 Å². The van der Waals surface area contributed by atoms with Gasteiger partial charge in [0.1, 0.15) is 30.5 Å². The Hall–Kier alpha value is -1.14. The maximum absolute atomic E-state index is 10.0. The average molecular weight is 402 g/mol. The van der Waals surface area contributed by atoms with E-state index in [0.29, 0.717) is 5.69 Å². The molecule has 1 aliphatic carbocycles. The molecule has 1 aliphatic rings. The molecule has 28 heavy (non-hydrogen) atoms. The molecule has 1 fully saturated rings. The summed E-state index contributed by atoms with van der Waals surface area (Å²) in [5.41, 5.74) is 0.613. The first-order valence-corrected chi connectivity index (χ1v) is 10.1. The molecule has 2 rings (SSSR count). The molecule has 0 bridgehead atoms. The van der Waals surface area contributed by atoms with Crippen LogP contribution >= 0.6 is 0 Å². The van der Waals surface area contributed by atoms with Crippen molar-refractivity contribution in [1.29, 1.82) is 0 Å². The second kappa shape index (κ2) is 11.8. The van der Waals surface area contributed by atoms with Gasteiger partial charge >= 0.3 is 0 Å². The fourth-order valence-electron chi connectivity index (χ4n) is 3.30. The first-order valence-electron chi connectivity index (χ1n) is 10.1. The van der Waals surface area contributed by atoms with Crippen LogP contribution in [0.1, 0.15) is 44.7 Å². The Labute approximate surface area is 165 Å². The third-order valence-corrected chi connectivity index (χ3v) is 5.01. The van der Waals surface area contributed by atoms with Crippen LogP contribution in [-0.2, 0) is 17.8 Å². The zero-order valence-corrected chi connectivity index (χ0v) is 16.4. The molecule has 162 valence electrons. The van der Waals surface area contributed by atoms with E-state index >= 15 is 0 Å². The second-order valence-electron chi connectivity index (χ2n) is 7.36. The molecule has 0 spiro atoms. The summed E-state index contributed by atoms with van der Waals surface area (Å²) in [6, 6.07) is -0.992. The highest BCUT2D eigenvalue weighted by molar-refractivity contribution is 5.03. The fraction of sp³-hybridized carbons (Fsp3) is 0.889. The Morgan fingerprint density at radius 2 is 1.57 bits per heavy atom. The first-order chi connectivity index (χ1) is 13.5. The van der Waals surface area contributed by atoms with E-state index in [4.69, 9.17) is 4.74 Å². The molecule has 10 nitrogen and oxygen atoms in total. The van der Waals surface area contributed by atoms with Gasteiger partial charge in [-0.1, -0.05) is 25.0 Å². The molecule has 1 saturated carbocycles. The third-order valence-electron chi connectivity index (χ3n) is 5.01. The summed E-state index contributed by atoms with van der Waals surface area (Å²) in [5.74, 6) is 0. The number of ether oxygens (including phenoxy) is 1. The van der Waals surface area contributed by atoms with E-state index in [1.807, 2.05) is 0 Å². The second-order valence-corrected chi connectivity index (χ2v) is 7.36. The van der Waals surface area contributed by atoms with Crippen LogP contribution in [0.15, 0.2) is 6.20 Å². The van der Waals surface area contributed by atoms with E-state index < -0.39 is 36.6 Å². The standard InChI is InChI=1S/C18H34N4O6/c1-2-8-28-9-6-4-3-5-7-22-11-12(20-21-22)10-19-13-14(23)16(25)18(27)17(26)15(13)24/h11,13-19,23-27H,2-10H2,1H3/t13?,14-,15+,16+,17-,18?. The molecule has 0 saturated heterocycles. The lowest BCUT2D eigenvalue weighted by Gasteiger charge is -2.42. The maximum Gasteiger partial charge on any atom is 0.111 e. The predicted octanol–water partition coefficient (Wildman–Crippen LogP) is -1.46. The van der Waals surface area contributed by atoms with Gasteiger partial charge in [0.15, 0.2) is 0 Å². The summed E-state index contributed by atoms with van der Waals surface area (Å²) in [7, 11) is 0. The largest absolute Gasteiger partial charge is 0.389 e. The lowest BCUT2D eigenvalue weighted by molar-refractivity contribution is -0.190. The van der Waals surface area contributed by atoms with Crippen LogP contribution in [0.25, 0.3) is 0 Å². The topological polar surface area (TPSA) is 153 Å². The van der Waals surface area contributed by atoms with Gasteiger partial charge in [-0.3, -0.25) is 4.68 Å². The summed E-state index contributed by atoms with van der Waals surface area (Å²) in [4.78, 5) is 0. The van der Waals surface area contributed by atoms with Crippen molar-refractivity contribution in [2.75, 3.05) is 13.2 Å². The average Bonchev–Trinajstić information content (AvgIpc) is 3.14. The van der Waals surface area contributed by atoms with Crippen LogP contribution in [-0.4, -0.2) is 90.3 Å². The molecule has 6 N–H and O–H groups in total. The molecule has 0 aromatic carbocycles. The van der Waals surface area contributed by atoms with Gasteiger partial charge < -0.3 is 35.6 Å². The zero-order chi connectivity index (χ0) is 20.5. The van der Waals surface area contributed by atoms with Crippen LogP contribution in [0.3, 0.4) is 0 Å². The summed E-state index contributed by atoms with van der Waals surface area (Å²) < 4.78 is 7.19. The van der Waals surface area contributed by atoms with Crippen molar-refractivity contribution in [1.82, 2.24) is 20.3 Å². The molecule has 10 heteroatoms. The number of nitrogens with zero attached hydrogens (tertiary/aromatic N) is 3. The quantitative estimate of drug-likeness (QED) is 0.230. The van der Waals surface area contributed by atoms with Crippen molar-refractivity contribution >= 4 is 0 Å². The van der Waals surface area contributed by atoms with E-state index in [-0.39, 0.29) is 6.54 Å². The maximum atomic E-state index is 10.0. The van der Waals surface area contributed by atoms with Crippen molar-refractivity contribution in [3.05, 3.63) is 11.9 Å². The van der Waals surface area contributed by atoms with Crippen LogP contribution < -0.4 is 5.32 Å². The van der Waals surface area contributed by atoms with E-state index in [0.717, 1.165) is 51.9 Å². The van der Waals surface area contributed by atoms with Gasteiger partial charge in [-0.15, -0.1) is 5.10 Å². The highest BCUT2D eigenvalue weighted by Gasteiger charge is 2.47. The molecule has 1 aromatic heterocycles. The van der Waals surface area contributed by atoms with E-state index in [9.17, 15) is 25.5 Å². The van der Waals surface area contributed by atoms with Gasteiger partial charge in [-0.25, -0.2) is 0 Å². The number of aromatic nitrogens is 3. The summed E-state index contributed by atoms with van der Waals surface area (Å²) >= 11 is 0. The minimum Gasteiger partial charge on any atom is -0.389 e. The van der Waals surface area contributed by atoms with Crippen LogP contribution in [0.5, 0.6) is 0 Å². The zero-order valence-electron chi connectivity index (χ0n) is 16.4. The van der Waals surface area contributed by atoms with Gasteiger partial charge in [-0.2, -0.15) is 0 Å². The van der Waals surface area contributed by atoms with Crippen LogP contribution in [0, 0.1) is 0 Å². The van der Waals surface area contributed by atoms with Crippen molar-refractivity contribution in [3.63, 3.8) is 0 Å². The van der Waals surface area contributed by atoms with Crippen molar-refractivity contribution in [3.8, 4) is 0 Å². The number of unbranched alkanes of at least 4 members (excludes halogenated alkanes) is 3. The highest BCUT2D eigenvalue weighted by atomic mass is 16.5. The van der Waals surface area contributed by atoms with Gasteiger partial charge in [0.25, 0.3) is 0 Å². The first kappa shape index (κ1) is 23.1. The molecule has 0 amide bonds. The molecule has 2 unspecified atom stereocenters. The SMILES string of the molecule is CCCOCCCCCCn1cc(CNC2[C@@H](O)[C@H](O)C(O)[C@H](O)[C@H]2O)nn1. The fourth-order valence-corrected chi connectivity index (χ4v) is 3.30. The minimum absolute atomic E-state index is 0.198. The summed E-state index contributed by atoms with van der Waals surface area (Å²) in [5, 5.41) is 60.1. The Morgan fingerprint density at radius 3 is 2.25 bits per heavy atom. The molecule has 1 heterocycles. The summed E-state index contributed by atoms with van der Waals surface area (Å²) in [6.07, 6.45) is -0.436. The minimum atomic E-state index is -1.60. The lowest BCUT2D eigenvalue weighted by atomic mass is 9.83. The normalized spacial score (nSPS) is 30.6. The molecule has 1 aromatic rings. The number of aliphatic hydroxyl groups is 5. The van der Waals surface area contributed by atoms with Crippen molar-refractivity contribution in [2.24, 2.45) is 0 Å². The number of rotatable bonds is 12. The number of nitrogens with one attached hydrogen (secondary N) is 1. The van der Waals surface area contributed by atoms with Crippen LogP contribution in [0.2, 0.25) is 0 Å². The Balaban J connectivity index is 1.68. The smallest absolute Gasteiger partial charge is 0.111 e.